The van der Waals surface area contributed by atoms with Crippen molar-refractivity contribution in [3.8, 4) is 40.0 Å². The molecule has 8 atom stereocenters. The fourth-order valence-corrected chi connectivity index (χ4v) is 15.2. The number of nitrogens with two attached hydrogens (primary N) is 1. The summed E-state index contributed by atoms with van der Waals surface area (Å²) in [6.07, 6.45) is 4.14. The van der Waals surface area contributed by atoms with E-state index in [0.29, 0.717) is 67.8 Å². The van der Waals surface area contributed by atoms with Gasteiger partial charge >= 0.3 is 5.97 Å². The number of sulfone groups is 1. The van der Waals surface area contributed by atoms with E-state index in [9.17, 15) is 32.7 Å². The number of pyridine rings is 1. The molecule has 436 valence electrons. The molecular weight excluding hydrogens is 1060 g/mol. The molecule has 3 aromatic carbocycles. The molecule has 0 saturated carbocycles. The number of aromatic nitrogens is 2. The number of amides is 3. The van der Waals surface area contributed by atoms with Gasteiger partial charge in [-0.25, -0.2) is 13.8 Å². The number of esters is 1. The maximum Gasteiger partial charge on any atom is 0.324 e. The molecule has 0 radical (unpaired) electrons. The standard InChI is InChI=1S/C63H78N8O10S/c1-9-69-54-21-16-42-31-49(54)51(57(69)50-28-39(33-65-55(50)38(4)79-8)12-10-23-70-45-19-20-46(70)35-82(77,78)34-45)32-63(5,6)36-81-62(76)52-13-11-24-71(67-52)60(74)53(29-40-26-43(42)30-47(72)27-40)66-59(73)56(37(2)3)68(7)61(75)58-48(22-25-80-58)41-14-17-44(64)18-15-41/h14-18,21,26-28,30-31,33,37-38,45-46,48,52-53,56,58,67,72H,9,11,13,19-20,22-25,29,32,34-36,64H2,1-8H3,(H,66,73). The number of carbonyl (C=O) groups excluding carboxylic acids is 4. The minimum atomic E-state index is -3.07. The summed E-state index contributed by atoms with van der Waals surface area (Å²) in [5.41, 5.74) is 17.2. The molecule has 5 N–H and O–H groups in total. The summed E-state index contributed by atoms with van der Waals surface area (Å²) in [6, 6.07) is 17.7. The van der Waals surface area contributed by atoms with Gasteiger partial charge in [0.05, 0.1) is 42.1 Å². The van der Waals surface area contributed by atoms with Crippen molar-refractivity contribution >= 4 is 50.1 Å². The van der Waals surface area contributed by atoms with Crippen molar-refractivity contribution in [2.24, 2.45) is 11.3 Å². The van der Waals surface area contributed by atoms with Crippen molar-refractivity contribution < 1.29 is 46.9 Å². The second-order valence-electron chi connectivity index (χ2n) is 24.2. The van der Waals surface area contributed by atoms with E-state index in [0.717, 1.165) is 57.4 Å². The van der Waals surface area contributed by atoms with E-state index in [1.807, 2.05) is 45.0 Å². The zero-order valence-corrected chi connectivity index (χ0v) is 49.2. The Labute approximate surface area is 481 Å². The minimum absolute atomic E-state index is 0.0267. The van der Waals surface area contributed by atoms with Crippen LogP contribution in [0.3, 0.4) is 0 Å². The van der Waals surface area contributed by atoms with Crippen LogP contribution in [0.25, 0.3) is 33.3 Å². The molecule has 19 heteroatoms. The van der Waals surface area contributed by atoms with E-state index >= 15 is 0 Å². The lowest BCUT2D eigenvalue weighted by atomic mass is 9.84. The first-order valence-corrected chi connectivity index (χ1v) is 30.7. The average Bonchev–Trinajstić information content (AvgIpc) is 3.06. The third-order valence-electron chi connectivity index (χ3n) is 17.3. The molecule has 0 spiro atoms. The second-order valence-corrected chi connectivity index (χ2v) is 26.3. The maximum atomic E-state index is 15.0. The molecule has 5 aromatic rings. The summed E-state index contributed by atoms with van der Waals surface area (Å²) in [4.78, 5) is 67.2. The summed E-state index contributed by atoms with van der Waals surface area (Å²) in [6.45, 7) is 13.6. The van der Waals surface area contributed by atoms with Crippen LogP contribution < -0.4 is 16.5 Å². The Morgan fingerprint density at radius 3 is 2.45 bits per heavy atom. The monoisotopic (exact) mass is 1140 g/mol. The predicted octanol–water partition coefficient (Wildman–Crippen LogP) is 6.70. The van der Waals surface area contributed by atoms with Gasteiger partial charge in [0, 0.05) is 97.6 Å². The van der Waals surface area contributed by atoms with Crippen LogP contribution in [0.2, 0.25) is 0 Å². The molecule has 8 unspecified atom stereocenters. The quantitative estimate of drug-likeness (QED) is 0.0613. The Hall–Kier alpha value is -6.82. The summed E-state index contributed by atoms with van der Waals surface area (Å²) in [5.74, 6) is 4.50. The van der Waals surface area contributed by atoms with Crippen molar-refractivity contribution in [1.82, 2.24) is 35.1 Å². The van der Waals surface area contributed by atoms with Crippen LogP contribution in [-0.2, 0) is 62.6 Å². The van der Waals surface area contributed by atoms with Gasteiger partial charge in [0.15, 0.2) is 9.84 Å². The first kappa shape index (κ1) is 58.4. The molecule has 2 aromatic heterocycles. The van der Waals surface area contributed by atoms with Gasteiger partial charge in [-0.1, -0.05) is 63.8 Å². The highest BCUT2D eigenvalue weighted by Gasteiger charge is 2.44. The van der Waals surface area contributed by atoms with Crippen LogP contribution >= 0.6 is 0 Å². The lowest BCUT2D eigenvalue weighted by molar-refractivity contribution is -0.155. The number of aromatic hydroxyl groups is 1. The molecule has 8 bridgehead atoms. The number of phenolic OH excluding ortho intramolecular Hbond substituents is 1. The highest BCUT2D eigenvalue weighted by Crippen LogP contribution is 2.43. The fraction of sp³-hybridized carbons (Fsp3) is 0.508. The van der Waals surface area contributed by atoms with Crippen molar-refractivity contribution in [3.63, 3.8) is 0 Å². The number of nitrogens with zero attached hydrogens (tertiary/aromatic N) is 5. The number of hydrazine groups is 1. The fourth-order valence-electron chi connectivity index (χ4n) is 13.1. The molecule has 0 aliphatic carbocycles. The number of hydrogen-bond acceptors (Lipinski definition) is 14. The number of aryl methyl sites for hydroxylation is 1. The molecule has 4 saturated heterocycles. The van der Waals surface area contributed by atoms with Gasteiger partial charge in [-0.3, -0.25) is 34.1 Å². The Kier molecular flexibility index (Phi) is 16.9. The number of carbonyl (C=O) groups is 4. The van der Waals surface area contributed by atoms with Gasteiger partial charge in [-0.15, -0.1) is 0 Å². The largest absolute Gasteiger partial charge is 0.508 e. The zero-order valence-electron chi connectivity index (χ0n) is 48.4. The Morgan fingerprint density at radius 1 is 1.00 bits per heavy atom. The number of fused-ring (bicyclic) bond motifs is 8. The number of likely N-dealkylation sites (N-methyl/N-ethyl adjacent to an activating group) is 1. The van der Waals surface area contributed by atoms with E-state index in [2.05, 4.69) is 71.0 Å². The third-order valence-corrected chi connectivity index (χ3v) is 19.1. The van der Waals surface area contributed by atoms with Crippen LogP contribution in [-0.4, -0.2) is 150 Å². The van der Waals surface area contributed by atoms with E-state index in [1.54, 1.807) is 44.6 Å². The van der Waals surface area contributed by atoms with Gasteiger partial charge in [0.2, 0.25) is 5.91 Å². The first-order chi connectivity index (χ1) is 39.1. The zero-order chi connectivity index (χ0) is 58.4. The molecule has 5 aliphatic rings. The smallest absolute Gasteiger partial charge is 0.324 e. The molecule has 3 amide bonds. The topological polar surface area (TPSA) is 228 Å². The van der Waals surface area contributed by atoms with Crippen LogP contribution in [0.4, 0.5) is 5.69 Å². The van der Waals surface area contributed by atoms with Crippen LogP contribution in [0.1, 0.15) is 114 Å². The van der Waals surface area contributed by atoms with Crippen molar-refractivity contribution in [2.45, 2.75) is 141 Å². The number of nitrogen functional groups attached to an aromatic ring is 1. The second kappa shape index (κ2) is 23.8. The van der Waals surface area contributed by atoms with E-state index in [4.69, 9.17) is 24.9 Å². The van der Waals surface area contributed by atoms with Crippen molar-refractivity contribution in [1.29, 1.82) is 0 Å². The number of ether oxygens (including phenoxy) is 3. The Morgan fingerprint density at radius 2 is 1.74 bits per heavy atom. The number of anilines is 1. The molecule has 7 heterocycles. The average molecular weight is 1140 g/mol. The molecule has 10 rings (SSSR count). The van der Waals surface area contributed by atoms with Gasteiger partial charge < -0.3 is 39.8 Å². The van der Waals surface area contributed by atoms with E-state index < -0.39 is 63.4 Å². The van der Waals surface area contributed by atoms with Gasteiger partial charge in [0.1, 0.15) is 30.0 Å². The maximum absolute atomic E-state index is 15.0. The first-order valence-electron chi connectivity index (χ1n) is 28.9. The molecule has 18 nitrogen and oxygen atoms in total. The van der Waals surface area contributed by atoms with Gasteiger partial charge in [-0.2, -0.15) is 0 Å². The van der Waals surface area contributed by atoms with Crippen LogP contribution in [0.15, 0.2) is 72.9 Å². The van der Waals surface area contributed by atoms with Crippen LogP contribution in [0, 0.1) is 23.2 Å². The number of cyclic esters (lactones) is 1. The SMILES string of the molecule is CCn1c(-c2cc(C#CCN3C4CCC3CS(=O)(=O)C4)cnc2C(C)OC)c2c3cc(ccc31)-c1cc(O)cc(c1)CC(NC(=O)C(C(C)C)N(C)C(=O)C1OCCC1c1ccc(N)cc1)C(=O)N1CCCC(N1)C(=O)OCC(C)(C)C2. The Bertz CT molecular complexity index is 3420. The highest BCUT2D eigenvalue weighted by atomic mass is 32.2. The Balaban J connectivity index is 1.03. The molecule has 82 heavy (non-hydrogen) atoms. The van der Waals surface area contributed by atoms with Crippen molar-refractivity contribution in [3.05, 3.63) is 101 Å². The van der Waals surface area contributed by atoms with E-state index in [-0.39, 0.29) is 66.7 Å². The van der Waals surface area contributed by atoms with Gasteiger partial charge in [0.25, 0.3) is 11.8 Å². The van der Waals surface area contributed by atoms with E-state index in [1.165, 1.54) is 9.91 Å². The third kappa shape index (κ3) is 12.1. The number of hydrogen-bond donors (Lipinski definition) is 4. The summed E-state index contributed by atoms with van der Waals surface area (Å²) in [5, 5.41) is 16.9. The van der Waals surface area contributed by atoms with Crippen LogP contribution in [0.5, 0.6) is 5.75 Å². The lowest BCUT2D eigenvalue weighted by Gasteiger charge is -2.37. The van der Waals surface area contributed by atoms with Crippen molar-refractivity contribution in [2.75, 3.05) is 57.7 Å². The summed E-state index contributed by atoms with van der Waals surface area (Å²) < 4.78 is 45.7. The number of phenols is 1. The number of methoxy groups -OCH3 is 1. The molecule has 5 aliphatic heterocycles. The molecule has 4 fully saturated rings. The lowest BCUT2D eigenvalue weighted by Crippen LogP contribution is -2.62. The minimum Gasteiger partial charge on any atom is -0.508 e. The highest BCUT2D eigenvalue weighted by molar-refractivity contribution is 7.91. The molecular formula is C63H78N8O10S. The predicted molar refractivity (Wildman–Crippen MR) is 314 cm³/mol. The van der Waals surface area contributed by atoms with Gasteiger partial charge in [-0.05, 0) is 129 Å². The number of rotatable bonds is 11. The number of benzene rings is 3. The normalized spacial score (nSPS) is 24.3. The number of nitrogens with one attached hydrogen (secondary N) is 2. The summed E-state index contributed by atoms with van der Waals surface area (Å²) in [7, 11) is 0.174. The summed E-state index contributed by atoms with van der Waals surface area (Å²) >= 11 is 0.